The number of piperidine rings is 1. The fourth-order valence-electron chi connectivity index (χ4n) is 3.90. The van der Waals surface area contributed by atoms with Crippen LogP contribution in [0.1, 0.15) is 42.2 Å². The predicted molar refractivity (Wildman–Crippen MR) is 109 cm³/mol. The van der Waals surface area contributed by atoms with Crippen LogP contribution in [0.15, 0.2) is 18.3 Å². The summed E-state index contributed by atoms with van der Waals surface area (Å²) in [5.74, 6) is 0.132. The number of nitrogens with zero attached hydrogens (tertiary/aromatic N) is 5. The maximum atomic E-state index is 12.6. The van der Waals surface area contributed by atoms with Gasteiger partial charge in [0.15, 0.2) is 0 Å². The Morgan fingerprint density at radius 3 is 2.32 bits per heavy atom. The van der Waals surface area contributed by atoms with Gasteiger partial charge < -0.3 is 14.7 Å². The van der Waals surface area contributed by atoms with E-state index < -0.39 is 0 Å². The maximum absolute atomic E-state index is 12.6. The summed E-state index contributed by atoms with van der Waals surface area (Å²) in [6, 6.07) is 3.83. The van der Waals surface area contributed by atoms with E-state index in [0.717, 1.165) is 64.5 Å². The highest BCUT2D eigenvalue weighted by atomic mass is 16.2. The van der Waals surface area contributed by atoms with Gasteiger partial charge in [0.05, 0.1) is 0 Å². The first-order chi connectivity index (χ1) is 13.5. The number of piperazine rings is 1. The van der Waals surface area contributed by atoms with Gasteiger partial charge in [-0.05, 0) is 37.6 Å². The third-order valence-corrected chi connectivity index (χ3v) is 5.81. The fraction of sp³-hybridized carbons (Fsp3) is 0.667. The Morgan fingerprint density at radius 1 is 1.00 bits per heavy atom. The fourth-order valence-corrected chi connectivity index (χ4v) is 3.90. The van der Waals surface area contributed by atoms with E-state index in [4.69, 9.17) is 0 Å². The first kappa shape index (κ1) is 20.7. The van der Waals surface area contributed by atoms with Gasteiger partial charge in [0, 0.05) is 66.0 Å². The summed E-state index contributed by atoms with van der Waals surface area (Å²) >= 11 is 0. The van der Waals surface area contributed by atoms with Crippen LogP contribution >= 0.6 is 0 Å². The summed E-state index contributed by atoms with van der Waals surface area (Å²) in [5.41, 5.74) is 1.61. The molecule has 7 nitrogen and oxygen atoms in total. The highest BCUT2D eigenvalue weighted by Gasteiger charge is 2.19. The molecule has 0 atom stereocenters. The third-order valence-electron chi connectivity index (χ3n) is 5.81. The Kier molecular flexibility index (Phi) is 7.39. The van der Waals surface area contributed by atoms with Gasteiger partial charge in [0.25, 0.3) is 5.91 Å². The molecule has 2 fully saturated rings. The molecule has 154 valence electrons. The van der Waals surface area contributed by atoms with Crippen molar-refractivity contribution in [2.24, 2.45) is 0 Å². The van der Waals surface area contributed by atoms with E-state index in [0.29, 0.717) is 5.69 Å². The van der Waals surface area contributed by atoms with Gasteiger partial charge >= 0.3 is 0 Å². The molecule has 3 heterocycles. The van der Waals surface area contributed by atoms with Gasteiger partial charge in [-0.1, -0.05) is 12.5 Å². The minimum absolute atomic E-state index is 0.0152. The molecule has 2 saturated heterocycles. The number of likely N-dealkylation sites (tertiary alicyclic amines) is 1. The molecule has 0 aliphatic carbocycles. The highest BCUT2D eigenvalue weighted by Crippen LogP contribution is 2.11. The summed E-state index contributed by atoms with van der Waals surface area (Å²) in [4.78, 5) is 36.9. The molecule has 1 aromatic rings. The molecule has 7 heteroatoms. The average molecular weight is 388 g/mol. The van der Waals surface area contributed by atoms with Gasteiger partial charge in [-0.2, -0.15) is 0 Å². The van der Waals surface area contributed by atoms with Crippen LogP contribution in [0, 0.1) is 0 Å². The van der Waals surface area contributed by atoms with Crippen molar-refractivity contribution in [2.45, 2.75) is 32.7 Å². The van der Waals surface area contributed by atoms with Gasteiger partial charge in [-0.3, -0.25) is 19.5 Å². The predicted octanol–water partition coefficient (Wildman–Crippen LogP) is 1.30. The molecule has 2 amide bonds. The first-order valence-electron chi connectivity index (χ1n) is 10.4. The van der Waals surface area contributed by atoms with Gasteiger partial charge in [0.2, 0.25) is 5.91 Å². The number of carbonyl (C=O) groups is 2. The number of likely N-dealkylation sites (N-methyl/N-ethyl adjacent to an activating group) is 1. The van der Waals surface area contributed by atoms with Crippen LogP contribution in [0.2, 0.25) is 0 Å². The smallest absolute Gasteiger partial charge is 0.272 e. The molecule has 1 aromatic heterocycles. The average Bonchev–Trinajstić information content (AvgIpc) is 2.73. The van der Waals surface area contributed by atoms with Gasteiger partial charge in [-0.15, -0.1) is 0 Å². The summed E-state index contributed by atoms with van der Waals surface area (Å²) in [6.45, 7) is 9.71. The van der Waals surface area contributed by atoms with Crippen molar-refractivity contribution in [2.75, 3.05) is 59.4 Å². The Morgan fingerprint density at radius 2 is 1.71 bits per heavy atom. The quantitative estimate of drug-likeness (QED) is 0.736. The van der Waals surface area contributed by atoms with Crippen LogP contribution in [0.25, 0.3) is 0 Å². The molecular formula is C21H33N5O2. The number of amides is 2. The normalized spacial score (nSPS) is 18.9. The van der Waals surface area contributed by atoms with Crippen molar-refractivity contribution in [3.05, 3.63) is 29.6 Å². The molecule has 2 aliphatic rings. The van der Waals surface area contributed by atoms with Crippen LogP contribution in [-0.4, -0.2) is 95.8 Å². The number of rotatable bonds is 6. The monoisotopic (exact) mass is 387 g/mol. The lowest BCUT2D eigenvalue weighted by atomic mass is 10.1. The zero-order chi connectivity index (χ0) is 19.9. The van der Waals surface area contributed by atoms with E-state index in [2.05, 4.69) is 14.8 Å². The van der Waals surface area contributed by atoms with Crippen molar-refractivity contribution in [3.63, 3.8) is 0 Å². The number of hydrogen-bond donors (Lipinski definition) is 0. The van der Waals surface area contributed by atoms with E-state index in [1.165, 1.54) is 19.3 Å². The SMILES string of the molecule is CC(=O)N1CCN(Cc2ccc(C(=O)N(C)CCN3CCCCC3)nc2)CC1. The molecule has 0 spiro atoms. The second-order valence-electron chi connectivity index (χ2n) is 7.96. The summed E-state index contributed by atoms with van der Waals surface area (Å²) < 4.78 is 0. The summed E-state index contributed by atoms with van der Waals surface area (Å²) in [7, 11) is 1.86. The highest BCUT2D eigenvalue weighted by molar-refractivity contribution is 5.92. The Balaban J connectivity index is 1.45. The van der Waals surface area contributed by atoms with Crippen molar-refractivity contribution in [1.29, 1.82) is 0 Å². The van der Waals surface area contributed by atoms with Crippen molar-refractivity contribution < 1.29 is 9.59 Å². The molecule has 0 bridgehead atoms. The molecular weight excluding hydrogens is 354 g/mol. The second kappa shape index (κ2) is 9.98. The summed E-state index contributed by atoms with van der Waals surface area (Å²) in [5, 5.41) is 0. The van der Waals surface area contributed by atoms with E-state index in [9.17, 15) is 9.59 Å². The Labute approximate surface area is 168 Å². The molecule has 3 rings (SSSR count). The van der Waals surface area contributed by atoms with E-state index in [-0.39, 0.29) is 11.8 Å². The van der Waals surface area contributed by atoms with Gasteiger partial charge in [-0.25, -0.2) is 0 Å². The van der Waals surface area contributed by atoms with E-state index in [1.807, 2.05) is 30.3 Å². The lowest BCUT2D eigenvalue weighted by molar-refractivity contribution is -0.130. The zero-order valence-electron chi connectivity index (χ0n) is 17.3. The standard InChI is InChI=1S/C21H33N5O2/c1-18(27)26-14-12-25(13-15-26)17-19-6-7-20(22-16-19)21(28)23(2)10-11-24-8-4-3-5-9-24/h6-7,16H,3-5,8-15,17H2,1-2H3. The molecule has 0 N–H and O–H groups in total. The number of pyridine rings is 1. The van der Waals surface area contributed by atoms with E-state index >= 15 is 0 Å². The molecule has 0 aromatic carbocycles. The van der Waals surface area contributed by atoms with Crippen LogP contribution in [0.5, 0.6) is 0 Å². The van der Waals surface area contributed by atoms with Crippen LogP contribution < -0.4 is 0 Å². The molecule has 0 radical (unpaired) electrons. The number of aromatic nitrogens is 1. The molecule has 0 unspecified atom stereocenters. The topological polar surface area (TPSA) is 60.0 Å². The zero-order valence-corrected chi connectivity index (χ0v) is 17.3. The first-order valence-corrected chi connectivity index (χ1v) is 10.4. The minimum atomic E-state index is -0.0152. The maximum Gasteiger partial charge on any atom is 0.272 e. The molecule has 2 aliphatic heterocycles. The minimum Gasteiger partial charge on any atom is -0.340 e. The second-order valence-corrected chi connectivity index (χ2v) is 7.96. The Hall–Kier alpha value is -1.99. The third kappa shape index (κ3) is 5.75. The molecule has 28 heavy (non-hydrogen) atoms. The number of carbonyl (C=O) groups excluding carboxylic acids is 2. The van der Waals surface area contributed by atoms with Crippen molar-refractivity contribution in [3.8, 4) is 0 Å². The Bertz CT molecular complexity index is 649. The van der Waals surface area contributed by atoms with Crippen molar-refractivity contribution in [1.82, 2.24) is 24.6 Å². The van der Waals surface area contributed by atoms with E-state index in [1.54, 1.807) is 11.8 Å². The van der Waals surface area contributed by atoms with Crippen LogP contribution in [-0.2, 0) is 11.3 Å². The van der Waals surface area contributed by atoms with Crippen molar-refractivity contribution >= 4 is 11.8 Å². The van der Waals surface area contributed by atoms with Crippen LogP contribution in [0.4, 0.5) is 0 Å². The van der Waals surface area contributed by atoms with Gasteiger partial charge in [0.1, 0.15) is 5.69 Å². The number of hydrogen-bond acceptors (Lipinski definition) is 5. The summed E-state index contributed by atoms with van der Waals surface area (Å²) in [6.07, 6.45) is 5.67. The molecule has 0 saturated carbocycles. The lowest BCUT2D eigenvalue weighted by Gasteiger charge is -2.34. The lowest BCUT2D eigenvalue weighted by Crippen LogP contribution is -2.47. The van der Waals surface area contributed by atoms with Crippen LogP contribution in [0.3, 0.4) is 0 Å². The largest absolute Gasteiger partial charge is 0.340 e.